The summed E-state index contributed by atoms with van der Waals surface area (Å²) < 4.78 is 0. The predicted octanol–water partition coefficient (Wildman–Crippen LogP) is 2.03. The SMILES string of the molecule is Cc1ncc(-c2cc3cn[nH]c3cc2O)cn1. The second-order valence-corrected chi connectivity index (χ2v) is 3.85. The third kappa shape index (κ3) is 1.61. The Morgan fingerprint density at radius 1 is 1.12 bits per heavy atom. The fourth-order valence-electron chi connectivity index (χ4n) is 1.74. The topological polar surface area (TPSA) is 74.7 Å². The van der Waals surface area contributed by atoms with Crippen molar-refractivity contribution in [3.05, 3.63) is 36.5 Å². The molecule has 2 N–H and O–H groups in total. The number of fused-ring (bicyclic) bond motifs is 1. The first-order valence-corrected chi connectivity index (χ1v) is 5.19. The van der Waals surface area contributed by atoms with E-state index in [-0.39, 0.29) is 5.75 Å². The molecule has 0 aliphatic heterocycles. The third-order valence-corrected chi connectivity index (χ3v) is 2.65. The van der Waals surface area contributed by atoms with Gasteiger partial charge in [-0.2, -0.15) is 5.10 Å². The van der Waals surface area contributed by atoms with Gasteiger partial charge in [0.15, 0.2) is 0 Å². The summed E-state index contributed by atoms with van der Waals surface area (Å²) in [6.07, 6.45) is 5.11. The molecule has 17 heavy (non-hydrogen) atoms. The van der Waals surface area contributed by atoms with Crippen LogP contribution in [0.3, 0.4) is 0 Å². The van der Waals surface area contributed by atoms with Crippen molar-refractivity contribution in [2.75, 3.05) is 0 Å². The largest absolute Gasteiger partial charge is 0.507 e. The summed E-state index contributed by atoms with van der Waals surface area (Å²) in [6.45, 7) is 1.82. The van der Waals surface area contributed by atoms with Crippen molar-refractivity contribution < 1.29 is 5.11 Å². The van der Waals surface area contributed by atoms with Gasteiger partial charge in [-0.25, -0.2) is 9.97 Å². The fraction of sp³-hybridized carbons (Fsp3) is 0.0833. The summed E-state index contributed by atoms with van der Waals surface area (Å²) >= 11 is 0. The number of benzene rings is 1. The molecule has 2 heterocycles. The van der Waals surface area contributed by atoms with Crippen LogP contribution >= 0.6 is 0 Å². The van der Waals surface area contributed by atoms with Crippen LogP contribution in [0.4, 0.5) is 0 Å². The molecule has 1 aromatic carbocycles. The summed E-state index contributed by atoms with van der Waals surface area (Å²) in [6, 6.07) is 3.51. The molecular formula is C12H10N4O. The van der Waals surface area contributed by atoms with E-state index in [1.165, 1.54) is 0 Å². The van der Waals surface area contributed by atoms with Gasteiger partial charge >= 0.3 is 0 Å². The number of nitrogens with zero attached hydrogens (tertiary/aromatic N) is 3. The lowest BCUT2D eigenvalue weighted by atomic mass is 10.1. The van der Waals surface area contributed by atoms with E-state index in [2.05, 4.69) is 20.2 Å². The van der Waals surface area contributed by atoms with E-state index in [0.29, 0.717) is 11.4 Å². The minimum absolute atomic E-state index is 0.189. The number of aromatic nitrogens is 4. The van der Waals surface area contributed by atoms with Crippen LogP contribution in [-0.4, -0.2) is 25.3 Å². The number of aromatic amines is 1. The molecule has 2 aromatic heterocycles. The zero-order valence-corrected chi connectivity index (χ0v) is 9.18. The van der Waals surface area contributed by atoms with Crippen LogP contribution in [-0.2, 0) is 0 Å². The number of phenolic OH excluding ortho intramolecular Hbond substituents is 1. The van der Waals surface area contributed by atoms with E-state index in [1.54, 1.807) is 24.7 Å². The van der Waals surface area contributed by atoms with Gasteiger partial charge in [-0.15, -0.1) is 0 Å². The molecule has 0 unspecified atom stereocenters. The first-order valence-electron chi connectivity index (χ1n) is 5.19. The minimum atomic E-state index is 0.189. The molecule has 0 atom stereocenters. The lowest BCUT2D eigenvalue weighted by molar-refractivity contribution is 0.478. The Labute approximate surface area is 97.2 Å². The van der Waals surface area contributed by atoms with Crippen molar-refractivity contribution in [1.29, 1.82) is 0 Å². The summed E-state index contributed by atoms with van der Waals surface area (Å²) in [5.74, 6) is 0.895. The summed E-state index contributed by atoms with van der Waals surface area (Å²) in [7, 11) is 0. The van der Waals surface area contributed by atoms with Gasteiger partial charge < -0.3 is 5.11 Å². The molecular weight excluding hydrogens is 216 g/mol. The zero-order valence-electron chi connectivity index (χ0n) is 9.18. The predicted molar refractivity (Wildman–Crippen MR) is 63.5 cm³/mol. The molecule has 0 aliphatic rings. The van der Waals surface area contributed by atoms with E-state index in [9.17, 15) is 5.11 Å². The van der Waals surface area contributed by atoms with Crippen LogP contribution in [0.5, 0.6) is 5.75 Å². The van der Waals surface area contributed by atoms with Crippen molar-refractivity contribution in [2.24, 2.45) is 0 Å². The molecule has 5 heteroatoms. The van der Waals surface area contributed by atoms with Gasteiger partial charge in [0.25, 0.3) is 0 Å². The molecule has 5 nitrogen and oxygen atoms in total. The Morgan fingerprint density at radius 3 is 2.65 bits per heavy atom. The van der Waals surface area contributed by atoms with Gasteiger partial charge in [-0.1, -0.05) is 0 Å². The summed E-state index contributed by atoms with van der Waals surface area (Å²) in [5, 5.41) is 17.6. The second-order valence-electron chi connectivity index (χ2n) is 3.85. The smallest absolute Gasteiger partial charge is 0.125 e. The number of rotatable bonds is 1. The first-order chi connectivity index (χ1) is 8.24. The molecule has 3 rings (SSSR count). The average Bonchev–Trinajstić information content (AvgIpc) is 2.76. The molecule has 0 saturated carbocycles. The second kappa shape index (κ2) is 3.55. The number of H-pyrrole nitrogens is 1. The lowest BCUT2D eigenvalue weighted by Crippen LogP contribution is -1.88. The van der Waals surface area contributed by atoms with E-state index >= 15 is 0 Å². The highest BCUT2D eigenvalue weighted by Crippen LogP contribution is 2.31. The molecule has 0 saturated heterocycles. The zero-order chi connectivity index (χ0) is 11.8. The maximum atomic E-state index is 9.95. The highest BCUT2D eigenvalue weighted by molar-refractivity contribution is 5.87. The van der Waals surface area contributed by atoms with Crippen molar-refractivity contribution >= 4 is 10.9 Å². The first kappa shape index (κ1) is 9.77. The van der Waals surface area contributed by atoms with Crippen LogP contribution in [0.25, 0.3) is 22.0 Å². The van der Waals surface area contributed by atoms with Crippen molar-refractivity contribution in [2.45, 2.75) is 6.92 Å². The highest BCUT2D eigenvalue weighted by atomic mass is 16.3. The Balaban J connectivity index is 2.21. The van der Waals surface area contributed by atoms with E-state index in [1.807, 2.05) is 13.0 Å². The van der Waals surface area contributed by atoms with Crippen LogP contribution in [0.1, 0.15) is 5.82 Å². The van der Waals surface area contributed by atoms with E-state index < -0.39 is 0 Å². The fourth-order valence-corrected chi connectivity index (χ4v) is 1.74. The Kier molecular flexibility index (Phi) is 2.04. The van der Waals surface area contributed by atoms with Gasteiger partial charge in [0, 0.05) is 35.0 Å². The van der Waals surface area contributed by atoms with Crippen molar-refractivity contribution in [3.63, 3.8) is 0 Å². The van der Waals surface area contributed by atoms with Crippen LogP contribution in [0.2, 0.25) is 0 Å². The summed E-state index contributed by atoms with van der Waals surface area (Å²) in [4.78, 5) is 8.24. The number of aromatic hydroxyl groups is 1. The maximum Gasteiger partial charge on any atom is 0.125 e. The number of hydrogen-bond donors (Lipinski definition) is 2. The molecule has 0 amide bonds. The number of aryl methyl sites for hydroxylation is 1. The molecule has 0 aliphatic carbocycles. The standard InChI is InChI=1S/C12H10N4O/c1-7-13-4-9(5-14-7)10-2-8-6-15-16-11(8)3-12(10)17/h2-6,17H,1H3,(H,15,16). The van der Waals surface area contributed by atoms with Crippen molar-refractivity contribution in [1.82, 2.24) is 20.2 Å². The lowest BCUT2D eigenvalue weighted by Gasteiger charge is -2.04. The van der Waals surface area contributed by atoms with Gasteiger partial charge in [0.1, 0.15) is 11.6 Å². The normalized spacial score (nSPS) is 10.9. The Bertz CT molecular complexity index is 673. The molecule has 3 aromatic rings. The van der Waals surface area contributed by atoms with Gasteiger partial charge in [-0.3, -0.25) is 5.10 Å². The molecule has 0 bridgehead atoms. The van der Waals surface area contributed by atoms with E-state index in [0.717, 1.165) is 16.5 Å². The molecule has 0 fully saturated rings. The maximum absolute atomic E-state index is 9.95. The minimum Gasteiger partial charge on any atom is -0.507 e. The number of phenols is 1. The van der Waals surface area contributed by atoms with Crippen LogP contribution in [0, 0.1) is 6.92 Å². The van der Waals surface area contributed by atoms with Crippen molar-refractivity contribution in [3.8, 4) is 16.9 Å². The van der Waals surface area contributed by atoms with Gasteiger partial charge in [0.05, 0.1) is 11.7 Å². The quantitative estimate of drug-likeness (QED) is 0.665. The van der Waals surface area contributed by atoms with Gasteiger partial charge in [-0.05, 0) is 13.0 Å². The van der Waals surface area contributed by atoms with Crippen LogP contribution < -0.4 is 0 Å². The Morgan fingerprint density at radius 2 is 1.88 bits per heavy atom. The average molecular weight is 226 g/mol. The van der Waals surface area contributed by atoms with Crippen LogP contribution in [0.15, 0.2) is 30.7 Å². The Hall–Kier alpha value is -2.43. The molecule has 0 spiro atoms. The third-order valence-electron chi connectivity index (χ3n) is 2.65. The highest BCUT2D eigenvalue weighted by Gasteiger charge is 2.08. The van der Waals surface area contributed by atoms with Gasteiger partial charge in [0.2, 0.25) is 0 Å². The summed E-state index contributed by atoms with van der Waals surface area (Å²) in [5.41, 5.74) is 2.30. The van der Waals surface area contributed by atoms with E-state index in [4.69, 9.17) is 0 Å². The monoisotopic (exact) mass is 226 g/mol. The number of nitrogens with one attached hydrogen (secondary N) is 1. The molecule has 0 radical (unpaired) electrons. The number of hydrogen-bond acceptors (Lipinski definition) is 4. The molecule has 84 valence electrons.